The van der Waals surface area contributed by atoms with Crippen molar-refractivity contribution in [2.75, 3.05) is 11.9 Å². The summed E-state index contributed by atoms with van der Waals surface area (Å²) in [6, 6.07) is 14.1. The minimum atomic E-state index is -0.710. The van der Waals surface area contributed by atoms with Crippen LogP contribution >= 0.6 is 0 Å². The van der Waals surface area contributed by atoms with Crippen LogP contribution in [0.2, 0.25) is 0 Å². The normalized spacial score (nSPS) is 21.3. The lowest BCUT2D eigenvalue weighted by atomic mass is 9.78. The Morgan fingerprint density at radius 1 is 1.17 bits per heavy atom. The lowest BCUT2D eigenvalue weighted by molar-refractivity contribution is -0.148. The van der Waals surface area contributed by atoms with Crippen molar-refractivity contribution < 1.29 is 14.3 Å². The van der Waals surface area contributed by atoms with Crippen LogP contribution in [-0.4, -0.2) is 18.1 Å². The molecule has 0 unspecified atom stereocenters. The number of hydrogen-bond donors (Lipinski definition) is 1. The Morgan fingerprint density at radius 3 is 2.50 bits per heavy atom. The van der Waals surface area contributed by atoms with Crippen molar-refractivity contribution in [1.82, 2.24) is 0 Å². The highest BCUT2D eigenvalue weighted by molar-refractivity contribution is 5.97. The summed E-state index contributed by atoms with van der Waals surface area (Å²) >= 11 is 0. The number of hydrogen-bond acceptors (Lipinski definition) is 3. The number of carbonyl (C=O) groups is 1. The van der Waals surface area contributed by atoms with E-state index >= 15 is 0 Å². The van der Waals surface area contributed by atoms with Gasteiger partial charge in [-0.2, -0.15) is 0 Å². The molecule has 2 aromatic rings. The van der Waals surface area contributed by atoms with Crippen LogP contribution in [0.5, 0.6) is 5.75 Å². The molecule has 4 heteroatoms. The molecule has 0 radical (unpaired) electrons. The molecule has 0 heterocycles. The number of rotatable bonds is 8. The fourth-order valence-electron chi connectivity index (χ4n) is 4.43. The number of aryl methyl sites for hydroxylation is 2. The van der Waals surface area contributed by atoms with E-state index in [4.69, 9.17) is 9.47 Å². The van der Waals surface area contributed by atoms with Gasteiger partial charge < -0.3 is 14.8 Å². The molecule has 0 saturated heterocycles. The topological polar surface area (TPSA) is 47.6 Å². The van der Waals surface area contributed by atoms with Gasteiger partial charge in [-0.3, -0.25) is 4.79 Å². The molecule has 0 aromatic heterocycles. The van der Waals surface area contributed by atoms with E-state index in [2.05, 4.69) is 31.3 Å². The van der Waals surface area contributed by atoms with Crippen molar-refractivity contribution in [2.24, 2.45) is 5.92 Å². The third kappa shape index (κ3) is 5.42. The number of benzene rings is 2. The molecule has 1 N–H and O–H groups in total. The van der Waals surface area contributed by atoms with Crippen molar-refractivity contribution in [3.8, 4) is 5.75 Å². The largest absolute Gasteiger partial charge is 0.488 e. The molecular weight excluding hydrogens is 374 g/mol. The molecule has 0 aliphatic heterocycles. The molecule has 2 atom stereocenters. The summed E-state index contributed by atoms with van der Waals surface area (Å²) in [4.78, 5) is 13.3. The van der Waals surface area contributed by atoms with Gasteiger partial charge in [-0.15, -0.1) is 0 Å². The van der Waals surface area contributed by atoms with Gasteiger partial charge in [0.15, 0.2) is 0 Å². The molecule has 0 spiro atoms. The quantitative estimate of drug-likeness (QED) is 0.565. The van der Waals surface area contributed by atoms with Crippen LogP contribution in [0.15, 0.2) is 42.5 Å². The summed E-state index contributed by atoms with van der Waals surface area (Å²) in [7, 11) is 0. The lowest BCUT2D eigenvalue weighted by Crippen LogP contribution is -2.48. The summed E-state index contributed by atoms with van der Waals surface area (Å²) in [6.07, 6.45) is 4.68. The minimum absolute atomic E-state index is 0.0146. The molecule has 0 bridgehead atoms. The highest BCUT2D eigenvalue weighted by Gasteiger charge is 2.42. The number of carbonyl (C=O) groups excluding carboxylic acids is 1. The van der Waals surface area contributed by atoms with E-state index in [1.54, 1.807) is 0 Å². The third-order valence-electron chi connectivity index (χ3n) is 5.90. The van der Waals surface area contributed by atoms with Gasteiger partial charge in [0.25, 0.3) is 5.91 Å². The van der Waals surface area contributed by atoms with Gasteiger partial charge in [0, 0.05) is 12.3 Å². The van der Waals surface area contributed by atoms with E-state index in [1.165, 1.54) is 0 Å². The fourth-order valence-corrected chi connectivity index (χ4v) is 4.43. The molecule has 1 aliphatic rings. The maximum absolute atomic E-state index is 13.3. The Hall–Kier alpha value is -2.33. The van der Waals surface area contributed by atoms with Gasteiger partial charge in [-0.25, -0.2) is 0 Å². The van der Waals surface area contributed by atoms with Crippen LogP contribution in [0.25, 0.3) is 0 Å². The van der Waals surface area contributed by atoms with Crippen molar-refractivity contribution in [2.45, 2.75) is 72.0 Å². The van der Waals surface area contributed by atoms with Crippen LogP contribution in [0.1, 0.15) is 62.6 Å². The summed E-state index contributed by atoms with van der Waals surface area (Å²) in [6.45, 7) is 9.48. The Morgan fingerprint density at radius 2 is 1.87 bits per heavy atom. The Kier molecular flexibility index (Phi) is 7.54. The first-order chi connectivity index (χ1) is 14.4. The lowest BCUT2D eigenvalue weighted by Gasteiger charge is -2.38. The first-order valence-corrected chi connectivity index (χ1v) is 11.2. The van der Waals surface area contributed by atoms with Gasteiger partial charge in [-0.1, -0.05) is 50.6 Å². The zero-order chi connectivity index (χ0) is 21.6. The van der Waals surface area contributed by atoms with Crippen molar-refractivity contribution >= 4 is 11.6 Å². The standard InChI is InChI=1S/C26H35NO3/c1-5-14-30-26(13-9-10-19(2)17-26)25(28)27-23-15-20(3)24(21(4)16-23)29-18-22-11-7-6-8-12-22/h6-8,11-12,15-16,19H,5,9-10,13-14,17-18H2,1-4H3,(H,27,28)/t19-,26+/m1/s1. The predicted molar refractivity (Wildman–Crippen MR) is 122 cm³/mol. The molecular formula is C26H35NO3. The zero-order valence-corrected chi connectivity index (χ0v) is 18.8. The van der Waals surface area contributed by atoms with Crippen LogP contribution in [0, 0.1) is 19.8 Å². The van der Waals surface area contributed by atoms with E-state index in [9.17, 15) is 4.79 Å². The van der Waals surface area contributed by atoms with Crippen molar-refractivity contribution in [3.05, 3.63) is 59.2 Å². The molecule has 1 fully saturated rings. The van der Waals surface area contributed by atoms with Gasteiger partial charge in [0.1, 0.15) is 18.0 Å². The highest BCUT2D eigenvalue weighted by atomic mass is 16.5. The number of amides is 1. The second kappa shape index (κ2) is 10.1. The van der Waals surface area contributed by atoms with E-state index in [0.717, 1.165) is 60.2 Å². The fraction of sp³-hybridized carbons (Fsp3) is 0.500. The Labute approximate surface area is 181 Å². The number of nitrogens with one attached hydrogen (secondary N) is 1. The number of ether oxygens (including phenoxy) is 2. The monoisotopic (exact) mass is 409 g/mol. The second-order valence-corrected chi connectivity index (χ2v) is 8.71. The van der Waals surface area contributed by atoms with E-state index in [0.29, 0.717) is 19.1 Å². The smallest absolute Gasteiger partial charge is 0.256 e. The molecule has 3 rings (SSSR count). The Bertz CT molecular complexity index is 826. The van der Waals surface area contributed by atoms with Crippen LogP contribution in [0.3, 0.4) is 0 Å². The highest BCUT2D eigenvalue weighted by Crippen LogP contribution is 2.37. The van der Waals surface area contributed by atoms with E-state index in [1.807, 2.05) is 44.2 Å². The molecule has 30 heavy (non-hydrogen) atoms. The first kappa shape index (κ1) is 22.4. The van der Waals surface area contributed by atoms with Gasteiger partial charge in [0.05, 0.1) is 0 Å². The molecule has 162 valence electrons. The summed E-state index contributed by atoms with van der Waals surface area (Å²) in [5.74, 6) is 1.36. The zero-order valence-electron chi connectivity index (χ0n) is 18.8. The maximum atomic E-state index is 13.3. The Balaban J connectivity index is 1.73. The molecule has 1 amide bonds. The summed E-state index contributed by atoms with van der Waals surface area (Å²) < 4.78 is 12.2. The SMILES string of the molecule is CCCO[C@@]1(C(=O)Nc2cc(C)c(OCc3ccccc3)c(C)c2)CCC[C@@H](C)C1. The maximum Gasteiger partial charge on any atom is 0.256 e. The van der Waals surface area contributed by atoms with Crippen molar-refractivity contribution in [1.29, 1.82) is 0 Å². The van der Waals surface area contributed by atoms with Crippen molar-refractivity contribution in [3.63, 3.8) is 0 Å². The average molecular weight is 410 g/mol. The summed E-state index contributed by atoms with van der Waals surface area (Å²) in [5, 5.41) is 3.15. The summed E-state index contributed by atoms with van der Waals surface area (Å²) in [5.41, 5.74) is 3.26. The van der Waals surface area contributed by atoms with E-state index < -0.39 is 5.60 Å². The molecule has 2 aromatic carbocycles. The first-order valence-electron chi connectivity index (χ1n) is 11.2. The molecule has 4 nitrogen and oxygen atoms in total. The van der Waals surface area contributed by atoms with Crippen LogP contribution < -0.4 is 10.1 Å². The molecule has 1 saturated carbocycles. The van der Waals surface area contributed by atoms with Gasteiger partial charge in [0.2, 0.25) is 0 Å². The van der Waals surface area contributed by atoms with E-state index in [-0.39, 0.29) is 5.91 Å². The van der Waals surface area contributed by atoms with Gasteiger partial charge in [-0.05, 0) is 74.3 Å². The predicted octanol–water partition coefficient (Wildman–Crippen LogP) is 6.20. The third-order valence-corrected chi connectivity index (χ3v) is 5.90. The average Bonchev–Trinajstić information content (AvgIpc) is 2.72. The van der Waals surface area contributed by atoms with Gasteiger partial charge >= 0.3 is 0 Å². The second-order valence-electron chi connectivity index (χ2n) is 8.71. The molecule has 1 aliphatic carbocycles. The van der Waals surface area contributed by atoms with Crippen LogP contribution in [0.4, 0.5) is 5.69 Å². The van der Waals surface area contributed by atoms with Crippen LogP contribution in [-0.2, 0) is 16.1 Å². The minimum Gasteiger partial charge on any atom is -0.488 e. The number of anilines is 1.